The molecule has 34 heavy (non-hydrogen) atoms. The molecule has 0 N–H and O–H groups in total. The molecule has 4 rings (SSSR count). The lowest BCUT2D eigenvalue weighted by Gasteiger charge is -2.48. The number of ether oxygens (including phenoxy) is 3. The van der Waals surface area contributed by atoms with E-state index in [1.165, 1.54) is 0 Å². The smallest absolute Gasteiger partial charge is 0.335 e. The lowest BCUT2D eigenvalue weighted by Crippen LogP contribution is -2.61. The molecule has 0 radical (unpaired) electrons. The third-order valence-corrected chi connectivity index (χ3v) is 17.8. The molecule has 6 nitrogen and oxygen atoms in total. The molecule has 1 aromatic carbocycles. The Hall–Kier alpha value is -1.01. The molecule has 5 atom stereocenters. The minimum Gasteiger partial charge on any atom is -0.487 e. The van der Waals surface area contributed by atoms with Crippen LogP contribution in [0, 0.1) is 0 Å². The Kier molecular flexibility index (Phi) is 7.52. The summed E-state index contributed by atoms with van der Waals surface area (Å²) in [4.78, 5) is 0. The summed E-state index contributed by atoms with van der Waals surface area (Å²) < 4.78 is 40.5. The second-order valence-corrected chi connectivity index (χ2v) is 19.9. The van der Waals surface area contributed by atoms with Gasteiger partial charge in [-0.05, 0) is 22.2 Å². The van der Waals surface area contributed by atoms with Gasteiger partial charge < -0.3 is 27.2 Å². The van der Waals surface area contributed by atoms with Crippen molar-refractivity contribution in [1.82, 2.24) is 0 Å². The monoisotopic (exact) mass is 506 g/mol. The third-order valence-electron chi connectivity index (χ3n) is 7.54. The molecule has 8 heteroatoms. The third kappa shape index (κ3) is 4.36. The van der Waals surface area contributed by atoms with E-state index in [1.807, 2.05) is 30.3 Å². The molecule has 190 valence electrons. The van der Waals surface area contributed by atoms with E-state index in [2.05, 4.69) is 62.0 Å². The van der Waals surface area contributed by atoms with E-state index in [-0.39, 0.29) is 40.5 Å². The average Bonchev–Trinajstić information content (AvgIpc) is 2.97. The molecule has 3 aliphatic heterocycles. The topological polar surface area (TPSA) is 55.4 Å². The Morgan fingerprint density at radius 2 is 1.35 bits per heavy atom. The number of hydrogen-bond donors (Lipinski definition) is 0. The highest BCUT2D eigenvalue weighted by Crippen LogP contribution is 2.51. The van der Waals surface area contributed by atoms with Gasteiger partial charge in [0.1, 0.15) is 24.1 Å². The zero-order valence-electron chi connectivity index (χ0n) is 21.9. The molecule has 0 amide bonds. The quantitative estimate of drug-likeness (QED) is 0.435. The largest absolute Gasteiger partial charge is 0.487 e. The molecule has 3 fully saturated rings. The number of fused-ring (bicyclic) bond motifs is 3. The van der Waals surface area contributed by atoms with Gasteiger partial charge in [-0.15, -0.1) is 0 Å². The Bertz CT molecular complexity index is 842. The summed E-state index contributed by atoms with van der Waals surface area (Å²) in [6.07, 6.45) is -1.90. The fourth-order valence-corrected chi connectivity index (χ4v) is 16.9. The van der Waals surface area contributed by atoms with Crippen LogP contribution in [0.4, 0.5) is 0 Å². The lowest BCUT2D eigenvalue weighted by molar-refractivity contribution is -0.297. The first kappa shape index (κ1) is 26.1. The maximum atomic E-state index is 7.31. The minimum absolute atomic E-state index is 0.248. The van der Waals surface area contributed by atoms with Gasteiger partial charge in [0.2, 0.25) is 0 Å². The van der Waals surface area contributed by atoms with E-state index in [9.17, 15) is 0 Å². The number of rotatable bonds is 5. The van der Waals surface area contributed by atoms with Crippen LogP contribution in [0.15, 0.2) is 42.7 Å². The van der Waals surface area contributed by atoms with Crippen molar-refractivity contribution in [2.75, 3.05) is 6.61 Å². The summed E-state index contributed by atoms with van der Waals surface area (Å²) in [6.45, 7) is 22.5. The van der Waals surface area contributed by atoms with Crippen molar-refractivity contribution in [2.24, 2.45) is 0 Å². The van der Waals surface area contributed by atoms with Crippen molar-refractivity contribution in [1.29, 1.82) is 0 Å². The van der Waals surface area contributed by atoms with Gasteiger partial charge in [0.25, 0.3) is 0 Å². The predicted molar refractivity (Wildman–Crippen MR) is 137 cm³/mol. The maximum Gasteiger partial charge on any atom is 0.335 e. The van der Waals surface area contributed by atoms with Crippen LogP contribution in [0.5, 0.6) is 0 Å². The first-order valence-electron chi connectivity index (χ1n) is 12.7. The van der Waals surface area contributed by atoms with E-state index >= 15 is 0 Å². The second-order valence-electron chi connectivity index (χ2n) is 11.1. The van der Waals surface area contributed by atoms with Gasteiger partial charge in [-0.3, -0.25) is 0 Å². The minimum atomic E-state index is -2.74. The summed E-state index contributed by atoms with van der Waals surface area (Å²) in [5.74, 6) is 0.593. The van der Waals surface area contributed by atoms with Crippen molar-refractivity contribution >= 4 is 17.1 Å². The highest BCUT2D eigenvalue weighted by atomic mass is 28.5. The molecule has 3 saturated heterocycles. The molecular weight excluding hydrogens is 464 g/mol. The molecule has 1 aromatic rings. The predicted octanol–water partition coefficient (Wildman–Crippen LogP) is 6.34. The molecule has 0 aliphatic carbocycles. The van der Waals surface area contributed by atoms with Crippen LogP contribution in [0.2, 0.25) is 22.2 Å². The lowest BCUT2D eigenvalue weighted by atomic mass is 9.97. The van der Waals surface area contributed by atoms with Crippen molar-refractivity contribution in [3.8, 4) is 0 Å². The first-order valence-corrected chi connectivity index (χ1v) is 16.7. The number of hydrogen-bond acceptors (Lipinski definition) is 6. The van der Waals surface area contributed by atoms with Crippen LogP contribution in [0.1, 0.15) is 67.2 Å². The Morgan fingerprint density at radius 3 is 1.91 bits per heavy atom. The molecule has 0 spiro atoms. The van der Waals surface area contributed by atoms with Crippen LogP contribution in [-0.4, -0.2) is 48.1 Å². The SMILES string of the molecule is C=C1O[C@@H]2CO[C@@H](c3ccccc3)OC2[C@@H]2O[Si](C(C)C)(C(C)C)O[Si](C(C)C)(C(C)C)O[C@@H]12. The van der Waals surface area contributed by atoms with E-state index in [0.717, 1.165) is 5.56 Å². The van der Waals surface area contributed by atoms with Crippen LogP contribution in [0.3, 0.4) is 0 Å². The summed E-state index contributed by atoms with van der Waals surface area (Å²) in [5, 5.41) is 0. The zero-order valence-corrected chi connectivity index (χ0v) is 23.9. The van der Waals surface area contributed by atoms with Crippen LogP contribution in [0.25, 0.3) is 0 Å². The van der Waals surface area contributed by atoms with Gasteiger partial charge in [-0.2, -0.15) is 0 Å². The molecular formula is C26H42O6Si2. The summed E-state index contributed by atoms with van der Waals surface area (Å²) in [6, 6.07) is 10.0. The zero-order chi connectivity index (χ0) is 24.8. The molecule has 3 heterocycles. The van der Waals surface area contributed by atoms with Gasteiger partial charge in [-0.1, -0.05) is 92.3 Å². The Labute approximate surface area is 207 Å². The van der Waals surface area contributed by atoms with Crippen molar-refractivity contribution in [2.45, 2.75) is 108 Å². The van der Waals surface area contributed by atoms with Crippen molar-refractivity contribution < 1.29 is 27.2 Å². The summed E-state index contributed by atoms with van der Waals surface area (Å²) in [5.41, 5.74) is 1.98. The molecule has 0 aromatic heterocycles. The summed E-state index contributed by atoms with van der Waals surface area (Å²) in [7, 11) is -5.47. The standard InChI is InChI=1S/C26H42O6Si2/c1-16(2)33(17(3)4)30-23-20(9)28-22-15-27-26(21-13-11-10-12-14-21)29-24(22)25(23)31-34(32-33,18(5)6)19(7)8/h10-14,16-19,22-26H,9,15H2,1-8H3/t22-,23+,24?,25-,26-/m1/s1. The Balaban J connectivity index is 1.78. The maximum absolute atomic E-state index is 7.31. The van der Waals surface area contributed by atoms with Gasteiger partial charge in [0.05, 0.1) is 6.61 Å². The van der Waals surface area contributed by atoms with Gasteiger partial charge in [0.15, 0.2) is 12.4 Å². The Morgan fingerprint density at radius 1 is 0.794 bits per heavy atom. The van der Waals surface area contributed by atoms with Crippen LogP contribution in [-0.2, 0) is 27.2 Å². The summed E-state index contributed by atoms with van der Waals surface area (Å²) >= 11 is 0. The van der Waals surface area contributed by atoms with Crippen LogP contribution < -0.4 is 0 Å². The normalized spacial score (nSPS) is 32.9. The fraction of sp³-hybridized carbons (Fsp3) is 0.692. The van der Waals surface area contributed by atoms with Crippen LogP contribution >= 0.6 is 0 Å². The van der Waals surface area contributed by atoms with Crippen molar-refractivity contribution in [3.05, 3.63) is 48.2 Å². The molecule has 0 bridgehead atoms. The highest BCUT2D eigenvalue weighted by molar-refractivity contribution is 6.84. The fourth-order valence-electron chi connectivity index (χ4n) is 5.66. The highest BCUT2D eigenvalue weighted by Gasteiger charge is 2.64. The van der Waals surface area contributed by atoms with E-state index in [1.54, 1.807) is 0 Å². The molecule has 1 unspecified atom stereocenters. The molecule has 0 saturated carbocycles. The van der Waals surface area contributed by atoms with Crippen molar-refractivity contribution in [3.63, 3.8) is 0 Å². The number of benzene rings is 1. The van der Waals surface area contributed by atoms with Gasteiger partial charge in [0, 0.05) is 5.56 Å². The van der Waals surface area contributed by atoms with E-state index in [4.69, 9.17) is 27.2 Å². The second kappa shape index (κ2) is 9.80. The van der Waals surface area contributed by atoms with Gasteiger partial charge >= 0.3 is 17.1 Å². The van der Waals surface area contributed by atoms with Gasteiger partial charge in [-0.25, -0.2) is 0 Å². The van der Waals surface area contributed by atoms with E-state index in [0.29, 0.717) is 12.4 Å². The molecule has 3 aliphatic rings. The average molecular weight is 507 g/mol. The van der Waals surface area contributed by atoms with E-state index < -0.39 is 29.5 Å². The first-order chi connectivity index (χ1) is 16.0.